The average molecular weight is 579 g/mol. The van der Waals surface area contributed by atoms with E-state index < -0.39 is 46.6 Å². The summed E-state index contributed by atoms with van der Waals surface area (Å²) in [4.78, 5) is 57.0. The molecule has 0 spiro atoms. The van der Waals surface area contributed by atoms with Gasteiger partial charge in [-0.1, -0.05) is 46.3 Å². The van der Waals surface area contributed by atoms with E-state index >= 15 is 0 Å². The molecular formula is C29H24BrFN2O5. The van der Waals surface area contributed by atoms with Gasteiger partial charge in [0.15, 0.2) is 0 Å². The van der Waals surface area contributed by atoms with Crippen LogP contribution in [0.15, 0.2) is 77.3 Å². The molecule has 194 valence electrons. The number of amides is 4. The highest BCUT2D eigenvalue weighted by molar-refractivity contribution is 9.10. The number of halogens is 2. The second-order valence-corrected chi connectivity index (χ2v) is 11.2. The molecule has 3 aromatic carbocycles. The Morgan fingerprint density at radius 1 is 1.00 bits per heavy atom. The molecule has 9 heteroatoms. The maximum atomic E-state index is 14.8. The molecule has 0 saturated carbocycles. The van der Waals surface area contributed by atoms with Crippen LogP contribution in [0.2, 0.25) is 0 Å². The van der Waals surface area contributed by atoms with E-state index in [1.54, 1.807) is 75.4 Å². The lowest BCUT2D eigenvalue weighted by Gasteiger charge is -2.33. The summed E-state index contributed by atoms with van der Waals surface area (Å²) in [5, 5.41) is 0. The highest BCUT2D eigenvalue weighted by Gasteiger charge is 2.64. The monoisotopic (exact) mass is 578 g/mol. The molecule has 2 aliphatic rings. The SMILES string of the molecule is CC(C)(C)OC(=O)N1C(=O)C(c2ccccc2)([C@@H]2CC(=O)N(c3ccc(Br)cc3)C2=O)c2cc(F)ccc21. The van der Waals surface area contributed by atoms with Crippen molar-refractivity contribution >= 4 is 51.1 Å². The number of benzene rings is 3. The minimum atomic E-state index is -1.84. The van der Waals surface area contributed by atoms with Crippen LogP contribution in [0.25, 0.3) is 0 Å². The Balaban J connectivity index is 1.73. The molecule has 0 bridgehead atoms. The summed E-state index contributed by atoms with van der Waals surface area (Å²) in [5.41, 5.74) is -1.81. The summed E-state index contributed by atoms with van der Waals surface area (Å²) < 4.78 is 21.1. The first-order valence-electron chi connectivity index (χ1n) is 12.0. The van der Waals surface area contributed by atoms with Gasteiger partial charge in [-0.2, -0.15) is 0 Å². The first-order valence-corrected chi connectivity index (χ1v) is 12.8. The van der Waals surface area contributed by atoms with Crippen molar-refractivity contribution < 1.29 is 28.3 Å². The predicted octanol–water partition coefficient (Wildman–Crippen LogP) is 5.74. The zero-order chi connectivity index (χ0) is 27.4. The molecule has 2 heterocycles. The smallest absolute Gasteiger partial charge is 0.421 e. The van der Waals surface area contributed by atoms with Crippen LogP contribution in [0.5, 0.6) is 0 Å². The van der Waals surface area contributed by atoms with Crippen molar-refractivity contribution in [3.8, 4) is 0 Å². The predicted molar refractivity (Wildman–Crippen MR) is 142 cm³/mol. The van der Waals surface area contributed by atoms with Crippen LogP contribution in [-0.4, -0.2) is 29.4 Å². The number of carbonyl (C=O) groups is 4. The van der Waals surface area contributed by atoms with Crippen molar-refractivity contribution in [2.75, 3.05) is 9.80 Å². The minimum Gasteiger partial charge on any atom is -0.443 e. The fraction of sp³-hybridized carbons (Fsp3) is 0.241. The van der Waals surface area contributed by atoms with Crippen molar-refractivity contribution in [3.63, 3.8) is 0 Å². The van der Waals surface area contributed by atoms with Crippen LogP contribution in [0.4, 0.5) is 20.6 Å². The fourth-order valence-corrected chi connectivity index (χ4v) is 5.52. The number of carbonyl (C=O) groups excluding carboxylic acids is 4. The number of ether oxygens (including phenoxy) is 1. The molecule has 2 atom stereocenters. The van der Waals surface area contributed by atoms with Gasteiger partial charge in [-0.05, 0) is 68.8 Å². The van der Waals surface area contributed by atoms with Crippen molar-refractivity contribution in [3.05, 3.63) is 94.2 Å². The molecule has 38 heavy (non-hydrogen) atoms. The largest absolute Gasteiger partial charge is 0.443 e. The summed E-state index contributed by atoms with van der Waals surface area (Å²) in [7, 11) is 0. The third-order valence-corrected chi connectivity index (χ3v) is 7.25. The Labute approximate surface area is 227 Å². The van der Waals surface area contributed by atoms with E-state index in [0.717, 1.165) is 26.4 Å². The zero-order valence-electron chi connectivity index (χ0n) is 20.9. The summed E-state index contributed by atoms with van der Waals surface area (Å²) in [6.07, 6.45) is -1.26. The maximum absolute atomic E-state index is 14.8. The molecule has 0 aromatic heterocycles. The molecule has 0 aliphatic carbocycles. The van der Waals surface area contributed by atoms with E-state index in [4.69, 9.17) is 4.74 Å². The van der Waals surface area contributed by atoms with Gasteiger partial charge < -0.3 is 4.74 Å². The Bertz CT molecular complexity index is 1470. The minimum absolute atomic E-state index is 0.108. The Morgan fingerprint density at radius 3 is 2.29 bits per heavy atom. The number of hydrogen-bond acceptors (Lipinski definition) is 5. The topological polar surface area (TPSA) is 84.0 Å². The third-order valence-electron chi connectivity index (χ3n) is 6.72. The van der Waals surface area contributed by atoms with Gasteiger partial charge in [-0.3, -0.25) is 19.3 Å². The fourth-order valence-electron chi connectivity index (χ4n) is 5.26. The lowest BCUT2D eigenvalue weighted by molar-refractivity contribution is -0.130. The average Bonchev–Trinajstić information content (AvgIpc) is 3.29. The van der Waals surface area contributed by atoms with Gasteiger partial charge in [0.2, 0.25) is 11.8 Å². The van der Waals surface area contributed by atoms with Gasteiger partial charge in [0.1, 0.15) is 16.8 Å². The molecule has 3 aromatic rings. The van der Waals surface area contributed by atoms with Gasteiger partial charge in [-0.15, -0.1) is 0 Å². The Morgan fingerprint density at radius 2 is 1.66 bits per heavy atom. The lowest BCUT2D eigenvalue weighted by atomic mass is 9.65. The van der Waals surface area contributed by atoms with Crippen LogP contribution >= 0.6 is 15.9 Å². The number of nitrogens with zero attached hydrogens (tertiary/aromatic N) is 2. The Kier molecular flexibility index (Phi) is 6.22. The van der Waals surface area contributed by atoms with Gasteiger partial charge in [-0.25, -0.2) is 14.1 Å². The van der Waals surface area contributed by atoms with E-state index in [-0.39, 0.29) is 17.7 Å². The summed E-state index contributed by atoms with van der Waals surface area (Å²) in [5.74, 6) is -3.77. The van der Waals surface area contributed by atoms with Crippen molar-refractivity contribution in [2.45, 2.75) is 38.2 Å². The van der Waals surface area contributed by atoms with E-state index in [1.807, 2.05) is 0 Å². The molecule has 0 radical (unpaired) electrons. The number of anilines is 2. The molecule has 2 aliphatic heterocycles. The number of fused-ring (bicyclic) bond motifs is 1. The second kappa shape index (κ2) is 9.16. The van der Waals surface area contributed by atoms with Crippen LogP contribution in [0, 0.1) is 11.7 Å². The van der Waals surface area contributed by atoms with Crippen LogP contribution in [-0.2, 0) is 24.5 Å². The molecule has 1 unspecified atom stereocenters. The van der Waals surface area contributed by atoms with Crippen molar-refractivity contribution in [2.24, 2.45) is 5.92 Å². The van der Waals surface area contributed by atoms with Gasteiger partial charge in [0.25, 0.3) is 5.91 Å². The summed E-state index contributed by atoms with van der Waals surface area (Å²) in [6, 6.07) is 18.7. The van der Waals surface area contributed by atoms with Crippen LogP contribution in [0.1, 0.15) is 38.3 Å². The van der Waals surface area contributed by atoms with Gasteiger partial charge >= 0.3 is 6.09 Å². The second-order valence-electron chi connectivity index (χ2n) is 10.3. The molecule has 1 saturated heterocycles. The first-order chi connectivity index (χ1) is 17.9. The molecule has 1 fully saturated rings. The molecule has 4 amide bonds. The summed E-state index contributed by atoms with van der Waals surface area (Å²) in [6.45, 7) is 4.99. The van der Waals surface area contributed by atoms with Crippen LogP contribution < -0.4 is 9.80 Å². The van der Waals surface area contributed by atoms with Gasteiger partial charge in [0.05, 0.1) is 17.3 Å². The molecule has 5 rings (SSSR count). The first kappa shape index (κ1) is 25.8. The maximum Gasteiger partial charge on any atom is 0.421 e. The highest BCUT2D eigenvalue weighted by Crippen LogP contribution is 2.54. The molecular weight excluding hydrogens is 555 g/mol. The standard InChI is InChI=1S/C29H24BrFN2O5/c1-28(2,3)38-27(37)33-23-14-11-19(31)15-21(23)29(26(33)36,17-7-5-4-6-8-17)22-16-24(34)32(25(22)35)20-12-9-18(30)10-13-20/h4-15,22H,16H2,1-3H3/t22-,29?/m1/s1. The molecule has 0 N–H and O–H groups in total. The quantitative estimate of drug-likeness (QED) is 0.370. The molecule has 7 nitrogen and oxygen atoms in total. The van der Waals surface area contributed by atoms with E-state index in [9.17, 15) is 23.6 Å². The normalized spacial score (nSPS) is 21.2. The van der Waals surface area contributed by atoms with Gasteiger partial charge in [0, 0.05) is 16.5 Å². The number of imide groups is 2. The van der Waals surface area contributed by atoms with Crippen LogP contribution in [0.3, 0.4) is 0 Å². The van der Waals surface area contributed by atoms with E-state index in [1.165, 1.54) is 6.07 Å². The highest BCUT2D eigenvalue weighted by atomic mass is 79.9. The van der Waals surface area contributed by atoms with E-state index in [0.29, 0.717) is 11.3 Å². The lowest BCUT2D eigenvalue weighted by Crippen LogP contribution is -2.51. The van der Waals surface area contributed by atoms with Crippen molar-refractivity contribution in [1.29, 1.82) is 0 Å². The van der Waals surface area contributed by atoms with E-state index in [2.05, 4.69) is 15.9 Å². The number of rotatable bonds is 3. The number of hydrogen-bond donors (Lipinski definition) is 0. The summed E-state index contributed by atoms with van der Waals surface area (Å²) >= 11 is 3.34. The zero-order valence-corrected chi connectivity index (χ0v) is 22.5. The Hall–Kier alpha value is -3.85. The van der Waals surface area contributed by atoms with Crippen molar-refractivity contribution in [1.82, 2.24) is 0 Å². The third kappa shape index (κ3) is 4.01.